The molecule has 0 saturated carbocycles. The van der Waals surface area contributed by atoms with E-state index in [0.717, 1.165) is 28.0 Å². The minimum Gasteiger partial charge on any atom is -0.478 e. The number of pyridine rings is 1. The lowest BCUT2D eigenvalue weighted by Gasteiger charge is -2.22. The molecule has 34 heavy (non-hydrogen) atoms. The fraction of sp³-hybridized carbons (Fsp3) is 0.286. The molecule has 0 aliphatic carbocycles. The third kappa shape index (κ3) is 4.82. The summed E-state index contributed by atoms with van der Waals surface area (Å²) >= 11 is 0. The van der Waals surface area contributed by atoms with Gasteiger partial charge in [-0.05, 0) is 54.2 Å². The van der Waals surface area contributed by atoms with Crippen LogP contribution in [0.2, 0.25) is 0 Å². The predicted octanol–water partition coefficient (Wildman–Crippen LogP) is 6.17. The molecule has 2 aromatic heterocycles. The predicted molar refractivity (Wildman–Crippen MR) is 133 cm³/mol. The molecule has 0 aliphatic heterocycles. The van der Waals surface area contributed by atoms with Crippen molar-refractivity contribution in [2.24, 2.45) is 5.92 Å². The zero-order chi connectivity index (χ0) is 24.2. The van der Waals surface area contributed by atoms with Gasteiger partial charge in [-0.25, -0.2) is 4.79 Å². The van der Waals surface area contributed by atoms with Crippen LogP contribution in [-0.2, 0) is 4.74 Å². The van der Waals surface area contributed by atoms with Crippen LogP contribution in [0.3, 0.4) is 0 Å². The first kappa shape index (κ1) is 23.5. The molecule has 0 aliphatic rings. The van der Waals surface area contributed by atoms with Crippen molar-refractivity contribution in [1.82, 2.24) is 9.38 Å². The molecule has 0 radical (unpaired) electrons. The largest absolute Gasteiger partial charge is 0.478 e. The maximum absolute atomic E-state index is 11.7. The summed E-state index contributed by atoms with van der Waals surface area (Å²) in [4.78, 5) is 16.3. The van der Waals surface area contributed by atoms with Crippen molar-refractivity contribution in [1.29, 1.82) is 0 Å². The molecule has 4 rings (SSSR count). The lowest BCUT2D eigenvalue weighted by molar-refractivity contribution is 0.0570. The average Bonchev–Trinajstić information content (AvgIpc) is 3.26. The summed E-state index contributed by atoms with van der Waals surface area (Å²) in [6.07, 6.45) is 1.59. The zero-order valence-electron chi connectivity index (χ0n) is 20.0. The highest BCUT2D eigenvalue weighted by molar-refractivity contribution is 5.96. The summed E-state index contributed by atoms with van der Waals surface area (Å²) < 4.78 is 14.1. The van der Waals surface area contributed by atoms with Gasteiger partial charge >= 0.3 is 5.97 Å². The Kier molecular flexibility index (Phi) is 6.98. The Bertz CT molecular complexity index is 1290. The van der Waals surface area contributed by atoms with Crippen LogP contribution in [0, 0.1) is 12.8 Å². The molecule has 0 saturated heterocycles. The summed E-state index contributed by atoms with van der Waals surface area (Å²) in [5.74, 6) is 0.0123. The Labute approximate surface area is 199 Å². The molecule has 176 valence electrons. The Morgan fingerprint density at radius 2 is 1.79 bits per heavy atom. The summed E-state index contributed by atoms with van der Waals surface area (Å²) in [5, 5.41) is 9.56. The van der Waals surface area contributed by atoms with Crippen molar-refractivity contribution >= 4 is 11.6 Å². The Hall–Kier alpha value is -3.64. The molecule has 6 heteroatoms. The van der Waals surface area contributed by atoms with E-state index in [9.17, 15) is 9.90 Å². The van der Waals surface area contributed by atoms with Gasteiger partial charge < -0.3 is 14.6 Å². The zero-order valence-corrected chi connectivity index (χ0v) is 20.0. The normalized spacial score (nSPS) is 12.3. The maximum atomic E-state index is 11.7. The second-order valence-corrected chi connectivity index (χ2v) is 8.73. The van der Waals surface area contributed by atoms with Gasteiger partial charge in [0.15, 0.2) is 0 Å². The highest BCUT2D eigenvalue weighted by atomic mass is 16.5. The van der Waals surface area contributed by atoms with Crippen LogP contribution in [0.5, 0.6) is 5.88 Å². The molecule has 0 bridgehead atoms. The van der Waals surface area contributed by atoms with Gasteiger partial charge in [0.2, 0.25) is 5.88 Å². The van der Waals surface area contributed by atoms with Crippen LogP contribution < -0.4 is 4.74 Å². The van der Waals surface area contributed by atoms with Crippen LogP contribution in [0.4, 0.5) is 0 Å². The number of hydrogen-bond donors (Lipinski definition) is 1. The van der Waals surface area contributed by atoms with Gasteiger partial charge in [-0.15, -0.1) is 0 Å². The number of rotatable bonds is 9. The van der Waals surface area contributed by atoms with Crippen LogP contribution >= 0.6 is 0 Å². The van der Waals surface area contributed by atoms with Crippen LogP contribution in [0.25, 0.3) is 16.8 Å². The number of aromatic nitrogens is 2. The molecule has 4 aromatic rings. The quantitative estimate of drug-likeness (QED) is 0.325. The lowest BCUT2D eigenvalue weighted by Crippen LogP contribution is -2.14. The van der Waals surface area contributed by atoms with E-state index in [1.54, 1.807) is 12.1 Å². The van der Waals surface area contributed by atoms with Crippen molar-refractivity contribution in [3.63, 3.8) is 0 Å². The molecule has 0 amide bonds. The van der Waals surface area contributed by atoms with Crippen molar-refractivity contribution in [3.8, 4) is 17.0 Å². The Morgan fingerprint density at radius 3 is 2.47 bits per heavy atom. The number of carboxylic acid groups (broad SMARTS) is 1. The standard InChI is InChI=1S/C28H30N2O4/c1-5-33-25-16-30-24(15-10-19(4)27(30)29-25)26(34-17-18(2)3)21-13-11-20(12-14-21)22-8-6-7-9-23(22)28(31)32/h6-16,18,26H,5,17H2,1-4H3,(H,31,32)/t26-/m1/s1. The van der Waals surface area contributed by atoms with Crippen molar-refractivity contribution in [2.75, 3.05) is 13.2 Å². The van der Waals surface area contributed by atoms with E-state index < -0.39 is 5.97 Å². The number of carbonyl (C=O) groups is 1. The van der Waals surface area contributed by atoms with E-state index in [0.29, 0.717) is 30.6 Å². The SMILES string of the molecule is CCOc1cn2c([C@H](OCC(C)C)c3ccc(-c4ccccc4C(=O)O)cc3)ccc(C)c2n1. The van der Waals surface area contributed by atoms with Crippen LogP contribution in [0.1, 0.15) is 54.1 Å². The third-order valence-corrected chi connectivity index (χ3v) is 5.66. The van der Waals surface area contributed by atoms with Gasteiger partial charge in [0.1, 0.15) is 11.8 Å². The second-order valence-electron chi connectivity index (χ2n) is 8.73. The molecule has 0 unspecified atom stereocenters. The van der Waals surface area contributed by atoms with Crippen LogP contribution in [0.15, 0.2) is 66.9 Å². The number of aryl methyl sites for hydroxylation is 1. The van der Waals surface area contributed by atoms with E-state index >= 15 is 0 Å². The van der Waals surface area contributed by atoms with Gasteiger partial charge in [-0.3, -0.25) is 4.40 Å². The monoisotopic (exact) mass is 458 g/mol. The van der Waals surface area contributed by atoms with E-state index in [4.69, 9.17) is 9.47 Å². The second kappa shape index (κ2) is 10.1. The molecule has 1 N–H and O–H groups in total. The number of carboxylic acids is 1. The fourth-order valence-electron chi connectivity index (χ4n) is 4.03. The molecule has 0 spiro atoms. The molecular weight excluding hydrogens is 428 g/mol. The summed E-state index contributed by atoms with van der Waals surface area (Å²) in [6, 6.07) is 19.1. The van der Waals surface area contributed by atoms with Crippen molar-refractivity contribution < 1.29 is 19.4 Å². The van der Waals surface area contributed by atoms with Crippen LogP contribution in [-0.4, -0.2) is 33.7 Å². The maximum Gasteiger partial charge on any atom is 0.336 e. The molecule has 2 aromatic carbocycles. The van der Waals surface area contributed by atoms with Gasteiger partial charge in [0.05, 0.1) is 30.7 Å². The smallest absolute Gasteiger partial charge is 0.336 e. The lowest BCUT2D eigenvalue weighted by atomic mass is 9.96. The minimum absolute atomic E-state index is 0.282. The number of nitrogens with zero attached hydrogens (tertiary/aromatic N) is 2. The fourth-order valence-corrected chi connectivity index (χ4v) is 4.03. The number of ether oxygens (including phenoxy) is 2. The number of benzene rings is 2. The Balaban J connectivity index is 1.77. The number of aromatic carboxylic acids is 1. The summed E-state index contributed by atoms with van der Waals surface area (Å²) in [5.41, 5.74) is 5.65. The highest BCUT2D eigenvalue weighted by Crippen LogP contribution is 2.32. The minimum atomic E-state index is -0.940. The molecular formula is C28H30N2O4. The number of imidazole rings is 1. The van der Waals surface area contributed by atoms with Gasteiger partial charge in [0, 0.05) is 0 Å². The van der Waals surface area contributed by atoms with E-state index in [1.165, 1.54) is 0 Å². The molecule has 1 atom stereocenters. The first-order valence-electron chi connectivity index (χ1n) is 11.5. The summed E-state index contributed by atoms with van der Waals surface area (Å²) in [6.45, 7) is 9.36. The Morgan fingerprint density at radius 1 is 1.06 bits per heavy atom. The average molecular weight is 459 g/mol. The number of fused-ring (bicyclic) bond motifs is 1. The van der Waals surface area contributed by atoms with Gasteiger partial charge in [-0.1, -0.05) is 62.4 Å². The van der Waals surface area contributed by atoms with Gasteiger partial charge in [0.25, 0.3) is 0 Å². The van der Waals surface area contributed by atoms with E-state index in [-0.39, 0.29) is 11.7 Å². The summed E-state index contributed by atoms with van der Waals surface area (Å²) in [7, 11) is 0. The topological polar surface area (TPSA) is 73.1 Å². The highest BCUT2D eigenvalue weighted by Gasteiger charge is 2.21. The van der Waals surface area contributed by atoms with E-state index in [1.807, 2.05) is 60.8 Å². The molecule has 0 fully saturated rings. The third-order valence-electron chi connectivity index (χ3n) is 5.66. The van der Waals surface area contributed by atoms with Gasteiger partial charge in [-0.2, -0.15) is 4.98 Å². The molecule has 2 heterocycles. The number of hydrogen-bond acceptors (Lipinski definition) is 4. The first-order valence-corrected chi connectivity index (χ1v) is 11.5. The van der Waals surface area contributed by atoms with E-state index in [2.05, 4.69) is 31.0 Å². The van der Waals surface area contributed by atoms with Crippen molar-refractivity contribution in [2.45, 2.75) is 33.8 Å². The first-order chi connectivity index (χ1) is 16.4. The molecule has 6 nitrogen and oxygen atoms in total. The van der Waals surface area contributed by atoms with Crippen molar-refractivity contribution in [3.05, 3.63) is 89.2 Å².